The Balaban J connectivity index is 1.59. The molecule has 4 aliphatic rings. The van der Waals surface area contributed by atoms with E-state index < -0.39 is 0 Å². The second-order valence-corrected chi connectivity index (χ2v) is 14.1. The first kappa shape index (κ1) is 32.6. The standard InChI is InChI=1S/C33H63N3O4/c1-5-15-37-16-6-7-23(2)26-8-9-27-31-28(22-30(33(26,27)4)40-19-14-36)32(3)11-10-25(38-17-12-34)20-24(32)21-29(31)39-18-13-35/h23-31H,5-22,34-36H2,1-4H3/t23-,24?,25-,26?,27+,28+,29-,30+,31?,32?,33?/m1/s1. The van der Waals surface area contributed by atoms with Gasteiger partial charge in [-0.2, -0.15) is 0 Å². The van der Waals surface area contributed by atoms with E-state index in [9.17, 15) is 0 Å². The van der Waals surface area contributed by atoms with Crippen molar-refractivity contribution in [3.05, 3.63) is 0 Å². The number of fused-ring (bicyclic) bond motifs is 5. The normalized spacial score (nSPS) is 41.8. The molecule has 4 fully saturated rings. The third-order valence-electron chi connectivity index (χ3n) is 12.1. The van der Waals surface area contributed by atoms with Gasteiger partial charge in [0.15, 0.2) is 0 Å². The number of hydrogen-bond donors (Lipinski definition) is 3. The molecule has 0 aromatic rings. The Bertz CT molecular complexity index is 757. The van der Waals surface area contributed by atoms with Crippen molar-refractivity contribution >= 4 is 0 Å². The predicted octanol–water partition coefficient (Wildman–Crippen LogP) is 4.74. The molecule has 4 saturated carbocycles. The van der Waals surface area contributed by atoms with Crippen LogP contribution < -0.4 is 17.2 Å². The van der Waals surface area contributed by atoms with Crippen LogP contribution in [-0.2, 0) is 18.9 Å². The van der Waals surface area contributed by atoms with E-state index in [4.69, 9.17) is 36.1 Å². The van der Waals surface area contributed by atoms with Gasteiger partial charge in [0.2, 0.25) is 0 Å². The summed E-state index contributed by atoms with van der Waals surface area (Å²) >= 11 is 0. The molecule has 4 aliphatic carbocycles. The van der Waals surface area contributed by atoms with Crippen LogP contribution in [0.25, 0.3) is 0 Å². The molecular formula is C33H63N3O4. The van der Waals surface area contributed by atoms with Gasteiger partial charge in [0.05, 0.1) is 38.1 Å². The highest BCUT2D eigenvalue weighted by Gasteiger charge is 2.66. The van der Waals surface area contributed by atoms with Crippen molar-refractivity contribution in [2.45, 2.75) is 110 Å². The lowest BCUT2D eigenvalue weighted by molar-refractivity contribution is -0.226. The molecule has 0 heterocycles. The molecule has 11 atom stereocenters. The van der Waals surface area contributed by atoms with Crippen LogP contribution in [0.5, 0.6) is 0 Å². The van der Waals surface area contributed by atoms with Crippen molar-refractivity contribution in [2.75, 3.05) is 52.7 Å². The number of hydrogen-bond acceptors (Lipinski definition) is 7. The van der Waals surface area contributed by atoms with Gasteiger partial charge in [0, 0.05) is 38.3 Å². The summed E-state index contributed by atoms with van der Waals surface area (Å²) in [5.41, 5.74) is 18.2. The zero-order valence-electron chi connectivity index (χ0n) is 26.3. The zero-order valence-corrected chi connectivity index (χ0v) is 26.3. The SMILES string of the molecule is CCCOCCC[C@@H](C)C1CC[C@H]2C3[C@H](OCCN)CC4C[C@H](OCCN)CCC4(C)[C@H]3C[C@H](OCCN)C12C. The van der Waals surface area contributed by atoms with Crippen LogP contribution in [0, 0.1) is 46.3 Å². The summed E-state index contributed by atoms with van der Waals surface area (Å²) in [6.07, 6.45) is 12.7. The topological polar surface area (TPSA) is 115 Å². The highest BCUT2D eigenvalue weighted by atomic mass is 16.5. The summed E-state index contributed by atoms with van der Waals surface area (Å²) in [6.45, 7) is 15.3. The number of rotatable bonds is 16. The smallest absolute Gasteiger partial charge is 0.0637 e. The second-order valence-electron chi connectivity index (χ2n) is 14.1. The van der Waals surface area contributed by atoms with Gasteiger partial charge in [-0.05, 0) is 105 Å². The van der Waals surface area contributed by atoms with Gasteiger partial charge in [0.25, 0.3) is 0 Å². The quantitative estimate of drug-likeness (QED) is 0.232. The fraction of sp³-hybridized carbons (Fsp3) is 1.00. The van der Waals surface area contributed by atoms with E-state index in [2.05, 4.69) is 27.7 Å². The first-order valence-corrected chi connectivity index (χ1v) is 16.9. The average Bonchev–Trinajstić information content (AvgIpc) is 3.31. The fourth-order valence-corrected chi connectivity index (χ4v) is 10.3. The third kappa shape index (κ3) is 6.61. The molecule has 0 aromatic carbocycles. The summed E-state index contributed by atoms with van der Waals surface area (Å²) < 4.78 is 25.6. The molecule has 0 aromatic heterocycles. The molecule has 4 rings (SSSR count). The lowest BCUT2D eigenvalue weighted by atomic mass is 9.43. The minimum atomic E-state index is 0.148. The van der Waals surface area contributed by atoms with Crippen molar-refractivity contribution in [3.8, 4) is 0 Å². The zero-order chi connectivity index (χ0) is 28.8. The molecule has 7 nitrogen and oxygen atoms in total. The summed E-state index contributed by atoms with van der Waals surface area (Å²) in [7, 11) is 0. The van der Waals surface area contributed by atoms with Crippen LogP contribution in [0.3, 0.4) is 0 Å². The average molecular weight is 566 g/mol. The van der Waals surface area contributed by atoms with Crippen molar-refractivity contribution in [1.29, 1.82) is 0 Å². The molecule has 0 amide bonds. The Hall–Kier alpha value is -0.280. The van der Waals surface area contributed by atoms with Crippen LogP contribution >= 0.6 is 0 Å². The van der Waals surface area contributed by atoms with Gasteiger partial charge in [0.1, 0.15) is 0 Å². The summed E-state index contributed by atoms with van der Waals surface area (Å²) in [5, 5.41) is 0. The van der Waals surface area contributed by atoms with Gasteiger partial charge < -0.3 is 36.1 Å². The van der Waals surface area contributed by atoms with Crippen molar-refractivity contribution in [3.63, 3.8) is 0 Å². The van der Waals surface area contributed by atoms with Crippen LogP contribution in [-0.4, -0.2) is 71.0 Å². The second kappa shape index (κ2) is 14.9. The molecule has 0 spiro atoms. The van der Waals surface area contributed by atoms with Crippen molar-refractivity contribution in [1.82, 2.24) is 0 Å². The van der Waals surface area contributed by atoms with E-state index in [-0.39, 0.29) is 17.6 Å². The number of nitrogens with two attached hydrogens (primary N) is 3. The number of ether oxygens (including phenoxy) is 4. The van der Waals surface area contributed by atoms with E-state index >= 15 is 0 Å². The molecule has 7 heteroatoms. The Morgan fingerprint density at radius 1 is 0.800 bits per heavy atom. The third-order valence-corrected chi connectivity index (χ3v) is 12.1. The van der Waals surface area contributed by atoms with E-state index in [1.807, 2.05) is 0 Å². The van der Waals surface area contributed by atoms with E-state index in [0.717, 1.165) is 51.7 Å². The molecule has 6 N–H and O–H groups in total. The highest BCUT2D eigenvalue weighted by Crippen LogP contribution is 2.69. The molecule has 0 radical (unpaired) electrons. The van der Waals surface area contributed by atoms with E-state index in [1.54, 1.807) is 0 Å². The van der Waals surface area contributed by atoms with E-state index in [1.165, 1.54) is 25.7 Å². The van der Waals surface area contributed by atoms with Crippen molar-refractivity contribution in [2.24, 2.45) is 63.5 Å². The summed E-state index contributed by atoms with van der Waals surface area (Å²) in [5.74, 6) is 3.71. The minimum absolute atomic E-state index is 0.148. The van der Waals surface area contributed by atoms with E-state index in [0.29, 0.717) is 86.5 Å². The first-order valence-electron chi connectivity index (χ1n) is 16.9. The minimum Gasteiger partial charge on any atom is -0.381 e. The van der Waals surface area contributed by atoms with Crippen LogP contribution in [0.4, 0.5) is 0 Å². The molecular weight excluding hydrogens is 502 g/mol. The first-order chi connectivity index (χ1) is 19.3. The molecule has 234 valence electrons. The summed E-state index contributed by atoms with van der Waals surface area (Å²) in [6, 6.07) is 0. The maximum Gasteiger partial charge on any atom is 0.0637 e. The lowest BCUT2D eigenvalue weighted by Crippen LogP contribution is -2.63. The predicted molar refractivity (Wildman–Crippen MR) is 162 cm³/mol. The largest absolute Gasteiger partial charge is 0.381 e. The van der Waals surface area contributed by atoms with Gasteiger partial charge in [-0.15, -0.1) is 0 Å². The maximum atomic E-state index is 6.80. The molecule has 0 saturated heterocycles. The Labute approximate surface area is 245 Å². The molecule has 40 heavy (non-hydrogen) atoms. The Morgan fingerprint density at radius 2 is 1.52 bits per heavy atom. The maximum absolute atomic E-state index is 6.80. The molecule has 5 unspecified atom stereocenters. The van der Waals surface area contributed by atoms with Gasteiger partial charge in [-0.25, -0.2) is 0 Å². The van der Waals surface area contributed by atoms with Crippen LogP contribution in [0.15, 0.2) is 0 Å². The van der Waals surface area contributed by atoms with Gasteiger partial charge in [-0.3, -0.25) is 0 Å². The Kier molecular flexibility index (Phi) is 12.2. The monoisotopic (exact) mass is 565 g/mol. The molecule has 0 aliphatic heterocycles. The van der Waals surface area contributed by atoms with Gasteiger partial charge in [-0.1, -0.05) is 27.7 Å². The Morgan fingerprint density at radius 3 is 2.25 bits per heavy atom. The summed E-state index contributed by atoms with van der Waals surface area (Å²) in [4.78, 5) is 0. The van der Waals surface area contributed by atoms with Crippen molar-refractivity contribution < 1.29 is 18.9 Å². The lowest BCUT2D eigenvalue weighted by Gasteiger charge is -2.64. The molecule has 0 bridgehead atoms. The van der Waals surface area contributed by atoms with Gasteiger partial charge >= 0.3 is 0 Å². The highest BCUT2D eigenvalue weighted by molar-refractivity contribution is 5.15. The van der Waals surface area contributed by atoms with Crippen LogP contribution in [0.2, 0.25) is 0 Å². The van der Waals surface area contributed by atoms with Crippen LogP contribution in [0.1, 0.15) is 91.9 Å². The fourth-order valence-electron chi connectivity index (χ4n) is 10.3.